The van der Waals surface area contributed by atoms with Crippen LogP contribution in [-0.2, 0) is 12.7 Å². The smallest absolute Gasteiger partial charge is 0.347 e. The molecule has 6 nitrogen and oxygen atoms in total. The van der Waals surface area contributed by atoms with Crippen LogP contribution in [0.1, 0.15) is 43.4 Å². The van der Waals surface area contributed by atoms with Crippen LogP contribution in [0.3, 0.4) is 0 Å². The highest BCUT2D eigenvalue weighted by Gasteiger charge is 2.34. The summed E-state index contributed by atoms with van der Waals surface area (Å²) in [6.45, 7) is 5.04. The number of nitrogens with zero attached hydrogens (tertiary/aromatic N) is 4. The summed E-state index contributed by atoms with van der Waals surface area (Å²) in [6.07, 6.45) is -4.70. The van der Waals surface area contributed by atoms with E-state index in [-0.39, 0.29) is 23.7 Å². The molecule has 0 aliphatic carbocycles. The Morgan fingerprint density at radius 3 is 2.50 bits per heavy atom. The Hall–Kier alpha value is -4.04. The van der Waals surface area contributed by atoms with Gasteiger partial charge in [0.15, 0.2) is 0 Å². The minimum absolute atomic E-state index is 0.0228. The molecule has 1 N–H and O–H groups in total. The van der Waals surface area contributed by atoms with Gasteiger partial charge < -0.3 is 5.32 Å². The zero-order valence-electron chi connectivity index (χ0n) is 19.4. The van der Waals surface area contributed by atoms with Crippen LogP contribution in [0.4, 0.5) is 17.6 Å². The van der Waals surface area contributed by atoms with Gasteiger partial charge in [0.25, 0.3) is 5.91 Å². The molecule has 0 saturated carbocycles. The zero-order chi connectivity index (χ0) is 26.2. The number of hydrogen-bond donors (Lipinski definition) is 1. The number of carbonyl (C=O) groups is 1. The van der Waals surface area contributed by atoms with Crippen molar-refractivity contribution in [1.82, 2.24) is 20.1 Å². The Labute approximate surface area is 207 Å². The van der Waals surface area contributed by atoms with E-state index in [2.05, 4.69) is 15.4 Å². The molecule has 1 amide bonds. The van der Waals surface area contributed by atoms with Gasteiger partial charge in [-0.25, -0.2) is 14.1 Å². The monoisotopic (exact) mass is 513 g/mol. The molecule has 0 saturated heterocycles. The maximum Gasteiger partial charge on any atom is 0.417 e. The van der Waals surface area contributed by atoms with Crippen LogP contribution in [-0.4, -0.2) is 20.7 Å². The summed E-state index contributed by atoms with van der Waals surface area (Å²) in [5.41, 5.74) is 3.09. The Bertz CT molecular complexity index is 1510. The molecule has 4 aromatic rings. The summed E-state index contributed by atoms with van der Waals surface area (Å²) in [7, 11) is 0. The molecular formula is C25H19F4N5OS. The van der Waals surface area contributed by atoms with Gasteiger partial charge in [-0.1, -0.05) is 12.1 Å². The first-order valence-corrected chi connectivity index (χ1v) is 11.5. The van der Waals surface area contributed by atoms with E-state index in [0.717, 1.165) is 12.1 Å². The van der Waals surface area contributed by atoms with Crippen LogP contribution in [0, 0.1) is 37.9 Å². The van der Waals surface area contributed by atoms with E-state index in [1.165, 1.54) is 28.2 Å². The van der Waals surface area contributed by atoms with E-state index in [1.807, 2.05) is 0 Å². The van der Waals surface area contributed by atoms with E-state index in [1.54, 1.807) is 44.5 Å². The van der Waals surface area contributed by atoms with Crippen molar-refractivity contribution in [2.24, 2.45) is 0 Å². The maximum atomic E-state index is 14.9. The second-order valence-electron chi connectivity index (χ2n) is 8.05. The molecule has 36 heavy (non-hydrogen) atoms. The largest absolute Gasteiger partial charge is 0.417 e. The fourth-order valence-electron chi connectivity index (χ4n) is 3.93. The molecule has 0 fully saturated rings. The third-order valence-corrected chi connectivity index (χ3v) is 6.63. The molecule has 4 rings (SSSR count). The van der Waals surface area contributed by atoms with Gasteiger partial charge in [-0.05, 0) is 50.6 Å². The fourth-order valence-corrected chi connectivity index (χ4v) is 4.65. The predicted molar refractivity (Wildman–Crippen MR) is 126 cm³/mol. The summed E-state index contributed by atoms with van der Waals surface area (Å²) >= 11 is 1.20. The number of benzene rings is 2. The first-order valence-electron chi connectivity index (χ1n) is 10.7. The zero-order valence-corrected chi connectivity index (χ0v) is 20.2. The van der Waals surface area contributed by atoms with Gasteiger partial charge in [-0.3, -0.25) is 4.79 Å². The lowest BCUT2D eigenvalue weighted by Gasteiger charge is -2.12. The van der Waals surface area contributed by atoms with Crippen molar-refractivity contribution in [3.8, 4) is 22.9 Å². The summed E-state index contributed by atoms with van der Waals surface area (Å²) < 4.78 is 56.5. The van der Waals surface area contributed by atoms with E-state index < -0.39 is 23.1 Å². The van der Waals surface area contributed by atoms with Crippen LogP contribution >= 0.6 is 11.3 Å². The lowest BCUT2D eigenvalue weighted by molar-refractivity contribution is -0.137. The van der Waals surface area contributed by atoms with Crippen molar-refractivity contribution in [2.75, 3.05) is 0 Å². The normalized spacial score (nSPS) is 11.4. The summed E-state index contributed by atoms with van der Waals surface area (Å²) in [6, 6.07) is 9.44. The lowest BCUT2D eigenvalue weighted by atomic mass is 10.0. The van der Waals surface area contributed by atoms with Gasteiger partial charge in [0, 0.05) is 23.4 Å². The Morgan fingerprint density at radius 2 is 1.89 bits per heavy atom. The Morgan fingerprint density at radius 1 is 1.14 bits per heavy atom. The highest BCUT2D eigenvalue weighted by Crippen LogP contribution is 2.35. The highest BCUT2D eigenvalue weighted by atomic mass is 32.1. The molecule has 2 aromatic carbocycles. The molecule has 0 bridgehead atoms. The second kappa shape index (κ2) is 9.54. The number of thiazole rings is 1. The molecule has 11 heteroatoms. The first kappa shape index (κ1) is 25.1. The number of rotatable bonds is 5. The summed E-state index contributed by atoms with van der Waals surface area (Å²) in [5, 5.41) is 16.1. The SMILES string of the molecule is Cc1ncsc1C(=O)NCc1ccc(-c2c(C)nn(-c3ccc(C#N)c(C(F)(F)F)c3)c2C)cc1F. The predicted octanol–water partition coefficient (Wildman–Crippen LogP) is 5.88. The van der Waals surface area contributed by atoms with E-state index in [4.69, 9.17) is 5.26 Å². The highest BCUT2D eigenvalue weighted by molar-refractivity contribution is 7.11. The van der Waals surface area contributed by atoms with E-state index >= 15 is 0 Å². The van der Waals surface area contributed by atoms with Crippen molar-refractivity contribution >= 4 is 17.2 Å². The average Bonchev–Trinajstić information content (AvgIpc) is 3.39. The van der Waals surface area contributed by atoms with Crippen molar-refractivity contribution < 1.29 is 22.4 Å². The Balaban J connectivity index is 1.63. The van der Waals surface area contributed by atoms with Crippen LogP contribution < -0.4 is 5.32 Å². The first-order chi connectivity index (χ1) is 17.0. The van der Waals surface area contributed by atoms with Crippen LogP contribution in [0.15, 0.2) is 41.9 Å². The van der Waals surface area contributed by atoms with Gasteiger partial charge in [-0.2, -0.15) is 23.5 Å². The number of hydrogen-bond acceptors (Lipinski definition) is 5. The minimum Gasteiger partial charge on any atom is -0.347 e. The number of aryl methyl sites for hydroxylation is 2. The topological polar surface area (TPSA) is 83.6 Å². The number of alkyl halides is 3. The number of nitrogens with one attached hydrogen (secondary N) is 1. The van der Waals surface area contributed by atoms with Gasteiger partial charge in [0.2, 0.25) is 0 Å². The number of nitriles is 1. The van der Waals surface area contributed by atoms with Gasteiger partial charge in [0.05, 0.1) is 39.8 Å². The molecule has 0 spiro atoms. The van der Waals surface area contributed by atoms with Crippen LogP contribution in [0.2, 0.25) is 0 Å². The van der Waals surface area contributed by atoms with Gasteiger partial charge >= 0.3 is 6.18 Å². The fraction of sp³-hybridized carbons (Fsp3) is 0.200. The number of carbonyl (C=O) groups excluding carboxylic acids is 1. The minimum atomic E-state index is -4.70. The molecule has 184 valence electrons. The molecule has 2 heterocycles. The van der Waals surface area contributed by atoms with Gasteiger partial charge in [0.1, 0.15) is 10.7 Å². The van der Waals surface area contributed by atoms with Crippen molar-refractivity contribution in [1.29, 1.82) is 5.26 Å². The summed E-state index contributed by atoms with van der Waals surface area (Å²) in [5.74, 6) is -0.884. The molecular weight excluding hydrogens is 494 g/mol. The van der Waals surface area contributed by atoms with E-state index in [0.29, 0.717) is 33.1 Å². The quantitative estimate of drug-likeness (QED) is 0.338. The lowest BCUT2D eigenvalue weighted by Crippen LogP contribution is -2.23. The molecule has 0 atom stereocenters. The van der Waals surface area contributed by atoms with Crippen molar-refractivity contribution in [2.45, 2.75) is 33.5 Å². The average molecular weight is 514 g/mol. The van der Waals surface area contributed by atoms with Crippen LogP contribution in [0.25, 0.3) is 16.8 Å². The van der Waals surface area contributed by atoms with Crippen LogP contribution in [0.5, 0.6) is 0 Å². The molecule has 0 unspecified atom stereocenters. The number of halogens is 4. The Kier molecular flexibility index (Phi) is 6.65. The maximum absolute atomic E-state index is 14.9. The standard InChI is InChI=1S/C25H19F4N5OS/c1-13-22(15(3)34(33-13)19-7-6-17(10-30)20(9-19)25(27,28)29)16-4-5-18(21(26)8-16)11-31-24(35)23-14(2)32-12-36-23/h4-9,12H,11H2,1-3H3,(H,31,35). The molecule has 0 aliphatic rings. The third-order valence-electron chi connectivity index (χ3n) is 5.70. The van der Waals surface area contributed by atoms with Crippen molar-refractivity contribution in [3.63, 3.8) is 0 Å². The molecule has 0 aliphatic heterocycles. The summed E-state index contributed by atoms with van der Waals surface area (Å²) in [4.78, 5) is 16.8. The number of aromatic nitrogens is 3. The molecule has 2 aromatic heterocycles. The third kappa shape index (κ3) is 4.72. The second-order valence-corrected chi connectivity index (χ2v) is 8.91. The van der Waals surface area contributed by atoms with E-state index in [9.17, 15) is 22.4 Å². The van der Waals surface area contributed by atoms with Gasteiger partial charge in [-0.15, -0.1) is 11.3 Å². The molecule has 0 radical (unpaired) electrons. The number of amides is 1. The van der Waals surface area contributed by atoms with Crippen molar-refractivity contribution in [3.05, 3.63) is 86.4 Å².